The second kappa shape index (κ2) is 17.5. The molecule has 1 aromatic rings. The molecule has 1 aromatic heterocycles. The van der Waals surface area contributed by atoms with Crippen LogP contribution in [0.5, 0.6) is 0 Å². The highest BCUT2D eigenvalue weighted by Gasteiger charge is 2.14. The quantitative estimate of drug-likeness (QED) is 0.0501. The zero-order valence-electron chi connectivity index (χ0n) is 16.2. The number of carbonyl (C=O) groups is 4. The van der Waals surface area contributed by atoms with E-state index < -0.39 is 6.04 Å². The summed E-state index contributed by atoms with van der Waals surface area (Å²) in [4.78, 5) is 47.1. The first-order valence-electron chi connectivity index (χ1n) is 8.90. The van der Waals surface area contributed by atoms with Crippen molar-refractivity contribution in [3.63, 3.8) is 0 Å². The van der Waals surface area contributed by atoms with E-state index in [1.807, 2.05) is 0 Å². The third-order valence-electron chi connectivity index (χ3n) is 3.34. The summed E-state index contributed by atoms with van der Waals surface area (Å²) in [5, 5.41) is 5.28. The standard InChI is InChI=1S/C16H24N4O4S7/c21-7-10(8-25)19-31-29-6-4-18-15(23)13-2-1-12(30-13)14(22)17-3-5-28-20-11(9-26)16(24)27/h1-2,7,10-11,19-20,25-26H,3-6,8-9H2,(H,17,22)(H,18,23)(H,24,27)/t10-,11+/m1/s1. The van der Waals surface area contributed by atoms with Gasteiger partial charge in [0, 0.05) is 36.1 Å². The number of thiol groups is 3. The fourth-order valence-corrected chi connectivity index (χ4v) is 6.04. The molecule has 31 heavy (non-hydrogen) atoms. The van der Waals surface area contributed by atoms with Crippen LogP contribution in [-0.4, -0.2) is 71.4 Å². The number of thiophene rings is 1. The van der Waals surface area contributed by atoms with E-state index in [1.54, 1.807) is 12.1 Å². The lowest BCUT2D eigenvalue weighted by Gasteiger charge is -2.11. The molecule has 8 nitrogen and oxygen atoms in total. The van der Waals surface area contributed by atoms with Crippen LogP contribution >= 0.6 is 82.9 Å². The maximum absolute atomic E-state index is 12.2. The van der Waals surface area contributed by atoms with Gasteiger partial charge in [0.05, 0.1) is 21.8 Å². The summed E-state index contributed by atoms with van der Waals surface area (Å²) < 4.78 is 5.88. The second-order valence-corrected chi connectivity index (χ2v) is 11.1. The Morgan fingerprint density at radius 2 is 1.61 bits per heavy atom. The summed E-state index contributed by atoms with van der Waals surface area (Å²) in [5.74, 6) is 1.48. The van der Waals surface area contributed by atoms with Crippen LogP contribution in [-0.2, 0) is 9.59 Å². The summed E-state index contributed by atoms with van der Waals surface area (Å²) >= 11 is 14.3. The largest absolute Gasteiger partial charge is 0.350 e. The number of carbonyl (C=O) groups excluding carboxylic acids is 4. The van der Waals surface area contributed by atoms with Crippen molar-refractivity contribution in [2.24, 2.45) is 0 Å². The monoisotopic (exact) mass is 560 g/mol. The third kappa shape index (κ3) is 12.1. The van der Waals surface area contributed by atoms with Crippen molar-refractivity contribution in [3.05, 3.63) is 21.9 Å². The van der Waals surface area contributed by atoms with Crippen molar-refractivity contribution < 1.29 is 19.2 Å². The van der Waals surface area contributed by atoms with Gasteiger partial charge in [-0.3, -0.25) is 19.1 Å². The molecule has 0 fully saturated rings. The van der Waals surface area contributed by atoms with Gasteiger partial charge < -0.3 is 15.4 Å². The first kappa shape index (κ1) is 29.0. The predicted octanol–water partition coefficient (Wildman–Crippen LogP) is 1.58. The molecule has 0 aliphatic carbocycles. The molecule has 1 rings (SSSR count). The SMILES string of the molecule is O=C[C@H](CS)NSSCCNC(=O)c1ccc(C(=O)NCCSN[C@@H](CS)C(=O)S)s1. The average molecular weight is 561 g/mol. The normalized spacial score (nSPS) is 12.7. The van der Waals surface area contributed by atoms with Crippen LogP contribution in [0.4, 0.5) is 0 Å². The van der Waals surface area contributed by atoms with Crippen molar-refractivity contribution in [1.29, 1.82) is 0 Å². The molecule has 4 N–H and O–H groups in total. The summed E-state index contributed by atoms with van der Waals surface area (Å²) in [5.41, 5.74) is 0. The number of rotatable bonds is 17. The zero-order chi connectivity index (χ0) is 23.1. The molecule has 0 radical (unpaired) electrons. The second-order valence-electron chi connectivity index (χ2n) is 5.66. The Morgan fingerprint density at radius 1 is 1.00 bits per heavy atom. The molecule has 2 amide bonds. The van der Waals surface area contributed by atoms with Crippen LogP contribution in [0, 0.1) is 0 Å². The van der Waals surface area contributed by atoms with E-state index in [9.17, 15) is 19.2 Å². The van der Waals surface area contributed by atoms with Crippen molar-refractivity contribution in [2.75, 3.05) is 36.1 Å². The average Bonchev–Trinajstić information content (AvgIpc) is 3.26. The van der Waals surface area contributed by atoms with Gasteiger partial charge in [-0.25, -0.2) is 4.72 Å². The van der Waals surface area contributed by atoms with Crippen LogP contribution < -0.4 is 20.1 Å². The number of aldehydes is 1. The maximum Gasteiger partial charge on any atom is 0.261 e. The van der Waals surface area contributed by atoms with Crippen molar-refractivity contribution >= 4 is 106 Å². The highest BCUT2D eigenvalue weighted by atomic mass is 33.1. The lowest BCUT2D eigenvalue weighted by atomic mass is 10.4. The van der Waals surface area contributed by atoms with Gasteiger partial charge in [-0.05, 0) is 23.1 Å². The molecule has 2 atom stereocenters. The van der Waals surface area contributed by atoms with Crippen molar-refractivity contribution in [2.45, 2.75) is 12.1 Å². The van der Waals surface area contributed by atoms with Crippen LogP contribution in [0.2, 0.25) is 0 Å². The number of hydrogen-bond acceptors (Lipinski definition) is 12. The Balaban J connectivity index is 2.24. The predicted molar refractivity (Wildman–Crippen MR) is 143 cm³/mol. The zero-order valence-corrected chi connectivity index (χ0v) is 22.2. The smallest absolute Gasteiger partial charge is 0.261 e. The van der Waals surface area contributed by atoms with Gasteiger partial charge in [-0.2, -0.15) is 25.3 Å². The minimum Gasteiger partial charge on any atom is -0.350 e. The molecular formula is C16H24N4O4S7. The third-order valence-corrected chi connectivity index (χ3v) is 8.38. The Labute approximate surface area is 214 Å². The van der Waals surface area contributed by atoms with Gasteiger partial charge in [0.1, 0.15) is 6.29 Å². The van der Waals surface area contributed by atoms with E-state index in [2.05, 4.69) is 58.0 Å². The lowest BCUT2D eigenvalue weighted by Crippen LogP contribution is -2.33. The minimum absolute atomic E-state index is 0.238. The van der Waals surface area contributed by atoms with Gasteiger partial charge in [-0.15, -0.1) is 24.0 Å². The molecule has 0 aromatic carbocycles. The Bertz CT molecular complexity index is 722. The van der Waals surface area contributed by atoms with Crippen LogP contribution in [0.15, 0.2) is 12.1 Å². The number of nitrogens with one attached hydrogen (secondary N) is 4. The van der Waals surface area contributed by atoms with Crippen LogP contribution in [0.1, 0.15) is 19.3 Å². The van der Waals surface area contributed by atoms with E-state index >= 15 is 0 Å². The highest BCUT2D eigenvalue weighted by molar-refractivity contribution is 8.76. The Morgan fingerprint density at radius 3 is 2.13 bits per heavy atom. The topological polar surface area (TPSA) is 116 Å². The van der Waals surface area contributed by atoms with E-state index in [0.717, 1.165) is 17.6 Å². The molecule has 0 saturated carbocycles. The van der Waals surface area contributed by atoms with E-state index in [0.29, 0.717) is 45.9 Å². The van der Waals surface area contributed by atoms with Gasteiger partial charge >= 0.3 is 0 Å². The maximum atomic E-state index is 12.2. The van der Waals surface area contributed by atoms with Gasteiger partial charge in [0.2, 0.25) is 5.12 Å². The first-order chi connectivity index (χ1) is 14.9. The summed E-state index contributed by atoms with van der Waals surface area (Å²) in [6.45, 7) is 0.855. The Hall–Kier alpha value is -0.000000000000000305. The molecule has 1 heterocycles. The van der Waals surface area contributed by atoms with E-state index in [-0.39, 0.29) is 23.0 Å². The Kier molecular flexibility index (Phi) is 16.4. The molecule has 0 spiro atoms. The molecule has 15 heteroatoms. The highest BCUT2D eigenvalue weighted by Crippen LogP contribution is 2.18. The molecule has 0 unspecified atom stereocenters. The van der Waals surface area contributed by atoms with Crippen LogP contribution in [0.25, 0.3) is 0 Å². The van der Waals surface area contributed by atoms with Gasteiger partial charge in [0.15, 0.2) is 0 Å². The first-order valence-corrected chi connectivity index (χ1v) is 14.7. The lowest BCUT2D eigenvalue weighted by molar-refractivity contribution is -0.111. The minimum atomic E-state index is -0.444. The van der Waals surface area contributed by atoms with Gasteiger partial charge in [-0.1, -0.05) is 22.7 Å². The molecule has 0 saturated heterocycles. The molecule has 174 valence electrons. The molecule has 0 aliphatic heterocycles. The molecular weight excluding hydrogens is 537 g/mol. The van der Waals surface area contributed by atoms with E-state index in [4.69, 9.17) is 0 Å². The number of hydrogen-bond donors (Lipinski definition) is 7. The summed E-state index contributed by atoms with van der Waals surface area (Å²) in [7, 11) is 2.82. The van der Waals surface area contributed by atoms with Crippen molar-refractivity contribution in [1.82, 2.24) is 20.1 Å². The van der Waals surface area contributed by atoms with Crippen LogP contribution in [0.3, 0.4) is 0 Å². The van der Waals surface area contributed by atoms with Crippen molar-refractivity contribution in [3.8, 4) is 0 Å². The van der Waals surface area contributed by atoms with Gasteiger partial charge in [0.25, 0.3) is 11.8 Å². The fourth-order valence-electron chi connectivity index (χ4n) is 1.75. The summed E-state index contributed by atoms with van der Waals surface area (Å²) in [6.07, 6.45) is 0.799. The number of amides is 2. The molecule has 0 bridgehead atoms. The molecule has 0 aliphatic rings. The summed E-state index contributed by atoms with van der Waals surface area (Å²) in [6, 6.07) is 2.48. The van der Waals surface area contributed by atoms with E-state index in [1.165, 1.54) is 33.7 Å². The fraction of sp³-hybridized carbons (Fsp3) is 0.500.